The van der Waals surface area contributed by atoms with Crippen molar-refractivity contribution in [3.8, 4) is 0 Å². The molecule has 0 aliphatic carbocycles. The predicted octanol–water partition coefficient (Wildman–Crippen LogP) is 2.69. The molecule has 1 amide bonds. The summed E-state index contributed by atoms with van der Waals surface area (Å²) in [7, 11) is 0. The number of amides is 1. The van der Waals surface area contributed by atoms with Crippen LogP contribution in [0.15, 0.2) is 17.5 Å². The van der Waals surface area contributed by atoms with Crippen LogP contribution < -0.4 is 10.2 Å². The highest BCUT2D eigenvalue weighted by atomic mass is 32.1. The van der Waals surface area contributed by atoms with Crippen molar-refractivity contribution < 1.29 is 4.79 Å². The summed E-state index contributed by atoms with van der Waals surface area (Å²) in [6, 6.07) is 3.83. The minimum Gasteiger partial charge on any atom is -0.346 e. The third kappa shape index (κ3) is 3.44. The molecule has 0 atom stereocenters. The average molecular weight is 316 g/mol. The molecule has 116 valence electrons. The van der Waals surface area contributed by atoms with Gasteiger partial charge in [0, 0.05) is 18.8 Å². The van der Waals surface area contributed by atoms with Gasteiger partial charge in [-0.25, -0.2) is 9.97 Å². The highest BCUT2D eigenvalue weighted by Crippen LogP contribution is 2.17. The van der Waals surface area contributed by atoms with Crippen molar-refractivity contribution in [2.45, 2.75) is 33.2 Å². The third-order valence-corrected chi connectivity index (χ3v) is 4.72. The zero-order chi connectivity index (χ0) is 15.5. The molecule has 3 rings (SSSR count). The summed E-state index contributed by atoms with van der Waals surface area (Å²) in [5.41, 5.74) is 2.91. The van der Waals surface area contributed by atoms with Crippen LogP contribution in [0.25, 0.3) is 0 Å². The zero-order valence-electron chi connectivity index (χ0n) is 12.9. The fourth-order valence-electron chi connectivity index (χ4n) is 2.57. The van der Waals surface area contributed by atoms with Crippen molar-refractivity contribution in [2.75, 3.05) is 18.0 Å². The van der Waals surface area contributed by atoms with E-state index in [9.17, 15) is 4.79 Å². The third-order valence-electron chi connectivity index (χ3n) is 3.67. The van der Waals surface area contributed by atoms with Crippen LogP contribution in [-0.2, 0) is 6.54 Å². The van der Waals surface area contributed by atoms with Gasteiger partial charge in [0.2, 0.25) is 5.95 Å². The number of carbonyl (C=O) groups excluding carboxylic acids is 1. The molecule has 3 heterocycles. The van der Waals surface area contributed by atoms with Gasteiger partial charge in [-0.3, -0.25) is 4.79 Å². The molecule has 22 heavy (non-hydrogen) atoms. The normalized spacial score (nSPS) is 14.4. The first-order valence-electron chi connectivity index (χ1n) is 7.54. The Labute approximate surface area is 134 Å². The van der Waals surface area contributed by atoms with Crippen LogP contribution in [0.4, 0.5) is 5.95 Å². The van der Waals surface area contributed by atoms with E-state index in [2.05, 4.69) is 20.2 Å². The van der Waals surface area contributed by atoms with E-state index in [1.807, 2.05) is 31.4 Å². The van der Waals surface area contributed by atoms with Crippen LogP contribution in [0, 0.1) is 13.8 Å². The maximum atomic E-state index is 12.1. The maximum Gasteiger partial charge on any atom is 0.261 e. The molecule has 1 aliphatic rings. The van der Waals surface area contributed by atoms with Crippen LogP contribution in [0.5, 0.6) is 0 Å². The van der Waals surface area contributed by atoms with Crippen molar-refractivity contribution in [2.24, 2.45) is 0 Å². The van der Waals surface area contributed by atoms with E-state index in [0.717, 1.165) is 40.9 Å². The summed E-state index contributed by atoms with van der Waals surface area (Å²) in [6.45, 7) is 6.42. The first-order valence-corrected chi connectivity index (χ1v) is 8.42. The molecule has 0 radical (unpaired) electrons. The van der Waals surface area contributed by atoms with Crippen LogP contribution in [-0.4, -0.2) is 29.0 Å². The van der Waals surface area contributed by atoms with Gasteiger partial charge >= 0.3 is 0 Å². The summed E-state index contributed by atoms with van der Waals surface area (Å²) >= 11 is 1.47. The van der Waals surface area contributed by atoms with E-state index < -0.39 is 0 Å². The summed E-state index contributed by atoms with van der Waals surface area (Å²) in [6.07, 6.45) is 2.39. The van der Waals surface area contributed by atoms with E-state index in [4.69, 9.17) is 0 Å². The molecule has 0 aromatic carbocycles. The second-order valence-electron chi connectivity index (χ2n) is 5.67. The Kier molecular flexibility index (Phi) is 4.38. The number of hydrogen-bond acceptors (Lipinski definition) is 5. The van der Waals surface area contributed by atoms with Gasteiger partial charge in [-0.15, -0.1) is 11.3 Å². The van der Waals surface area contributed by atoms with E-state index >= 15 is 0 Å². The van der Waals surface area contributed by atoms with Crippen LogP contribution >= 0.6 is 11.3 Å². The first-order chi connectivity index (χ1) is 10.6. The standard InChI is InChI=1S/C16H20N4OS/c1-11-7-14(22-10-11)15(21)17-9-13-8-12(2)18-16(19-13)20-5-3-4-6-20/h7-8,10H,3-6,9H2,1-2H3,(H,17,21). The van der Waals surface area contributed by atoms with Crippen LogP contribution in [0.1, 0.15) is 39.5 Å². The Hall–Kier alpha value is -1.95. The molecule has 2 aromatic heterocycles. The molecule has 2 aromatic rings. The van der Waals surface area contributed by atoms with Gasteiger partial charge in [0.25, 0.3) is 5.91 Å². The Morgan fingerprint density at radius 1 is 1.27 bits per heavy atom. The van der Waals surface area contributed by atoms with E-state index in [0.29, 0.717) is 6.54 Å². The number of carbonyl (C=O) groups is 1. The number of hydrogen-bond donors (Lipinski definition) is 1. The van der Waals surface area contributed by atoms with Gasteiger partial charge in [-0.2, -0.15) is 0 Å². The lowest BCUT2D eigenvalue weighted by Crippen LogP contribution is -2.25. The fourth-order valence-corrected chi connectivity index (χ4v) is 3.39. The van der Waals surface area contributed by atoms with Gasteiger partial charge in [-0.05, 0) is 49.8 Å². The number of aromatic nitrogens is 2. The fraction of sp³-hybridized carbons (Fsp3) is 0.438. The Bertz CT molecular complexity index is 677. The molecule has 6 heteroatoms. The summed E-state index contributed by atoms with van der Waals surface area (Å²) < 4.78 is 0. The number of aryl methyl sites for hydroxylation is 2. The van der Waals surface area contributed by atoms with Crippen molar-refractivity contribution in [3.05, 3.63) is 39.3 Å². The van der Waals surface area contributed by atoms with Crippen molar-refractivity contribution >= 4 is 23.2 Å². The molecule has 5 nitrogen and oxygen atoms in total. The smallest absolute Gasteiger partial charge is 0.261 e. The van der Waals surface area contributed by atoms with Crippen LogP contribution in [0.3, 0.4) is 0 Å². The van der Waals surface area contributed by atoms with Crippen molar-refractivity contribution in [1.82, 2.24) is 15.3 Å². The maximum absolute atomic E-state index is 12.1. The van der Waals surface area contributed by atoms with E-state index in [1.54, 1.807) is 0 Å². The molecule has 0 unspecified atom stereocenters. The zero-order valence-corrected chi connectivity index (χ0v) is 13.7. The van der Waals surface area contributed by atoms with Crippen LogP contribution in [0.2, 0.25) is 0 Å². The molecule has 1 N–H and O–H groups in total. The molecular formula is C16H20N4OS. The minimum absolute atomic E-state index is 0.0444. The lowest BCUT2D eigenvalue weighted by atomic mass is 10.3. The number of nitrogens with one attached hydrogen (secondary N) is 1. The van der Waals surface area contributed by atoms with Gasteiger partial charge in [0.1, 0.15) is 0 Å². The number of thiophene rings is 1. The number of rotatable bonds is 4. The van der Waals surface area contributed by atoms with Gasteiger partial charge in [-0.1, -0.05) is 0 Å². The summed E-state index contributed by atoms with van der Waals surface area (Å²) in [5.74, 6) is 0.741. The second kappa shape index (κ2) is 6.44. The number of nitrogens with zero attached hydrogens (tertiary/aromatic N) is 3. The lowest BCUT2D eigenvalue weighted by molar-refractivity contribution is 0.0954. The largest absolute Gasteiger partial charge is 0.346 e. The molecular weight excluding hydrogens is 296 g/mol. The van der Waals surface area contributed by atoms with Gasteiger partial charge < -0.3 is 10.2 Å². The SMILES string of the molecule is Cc1csc(C(=O)NCc2cc(C)nc(N3CCCC3)n2)c1. The predicted molar refractivity (Wildman–Crippen MR) is 88.4 cm³/mol. The first kappa shape index (κ1) is 15.0. The molecule has 1 fully saturated rings. The number of anilines is 1. The van der Waals surface area contributed by atoms with E-state index in [-0.39, 0.29) is 5.91 Å². The molecule has 1 aliphatic heterocycles. The molecule has 0 bridgehead atoms. The monoisotopic (exact) mass is 316 g/mol. The quantitative estimate of drug-likeness (QED) is 0.942. The lowest BCUT2D eigenvalue weighted by Gasteiger charge is -2.16. The minimum atomic E-state index is -0.0444. The Balaban J connectivity index is 1.68. The second-order valence-corrected chi connectivity index (χ2v) is 6.58. The topological polar surface area (TPSA) is 58.1 Å². The molecule has 0 spiro atoms. The highest BCUT2D eigenvalue weighted by Gasteiger charge is 2.16. The van der Waals surface area contributed by atoms with Crippen molar-refractivity contribution in [3.63, 3.8) is 0 Å². The molecule has 0 saturated carbocycles. The summed E-state index contributed by atoms with van der Waals surface area (Å²) in [5, 5.41) is 4.92. The van der Waals surface area contributed by atoms with Gasteiger partial charge in [0.15, 0.2) is 0 Å². The van der Waals surface area contributed by atoms with E-state index in [1.165, 1.54) is 24.2 Å². The van der Waals surface area contributed by atoms with Gasteiger partial charge in [0.05, 0.1) is 17.1 Å². The summed E-state index contributed by atoms with van der Waals surface area (Å²) in [4.78, 5) is 24.1. The molecule has 1 saturated heterocycles. The average Bonchev–Trinajstić information content (AvgIpc) is 3.15. The highest BCUT2D eigenvalue weighted by molar-refractivity contribution is 7.12. The van der Waals surface area contributed by atoms with Crippen molar-refractivity contribution in [1.29, 1.82) is 0 Å². The Morgan fingerprint density at radius 3 is 2.73 bits per heavy atom. The Morgan fingerprint density at radius 2 is 2.05 bits per heavy atom.